The van der Waals surface area contributed by atoms with E-state index in [4.69, 9.17) is 0 Å². The van der Waals surface area contributed by atoms with Crippen molar-refractivity contribution in [3.05, 3.63) is 71.8 Å². The topological polar surface area (TPSA) is 40.6 Å². The number of fused-ring (bicyclic) bond motifs is 1. The molecule has 0 bridgehead atoms. The summed E-state index contributed by atoms with van der Waals surface area (Å²) in [5.41, 5.74) is 2.53. The van der Waals surface area contributed by atoms with Gasteiger partial charge in [0, 0.05) is 44.8 Å². The average molecular weight is 391 g/mol. The summed E-state index contributed by atoms with van der Waals surface area (Å²) < 4.78 is 0. The summed E-state index contributed by atoms with van der Waals surface area (Å²) in [6, 6.07) is 20.8. The smallest absolute Gasteiger partial charge is 0.222 e. The molecule has 2 fully saturated rings. The fourth-order valence-corrected chi connectivity index (χ4v) is 5.06. The molecule has 0 unspecified atom stereocenters. The number of unbranched alkanes of at least 4 members (excludes halogenated alkanes) is 1. The Morgan fingerprint density at radius 1 is 0.897 bits per heavy atom. The normalized spacial score (nSPS) is 23.3. The Morgan fingerprint density at radius 3 is 2.28 bits per heavy atom. The number of benzene rings is 2. The minimum Gasteiger partial charge on any atom is -0.342 e. The highest BCUT2D eigenvalue weighted by Gasteiger charge is 2.49. The number of hydrogen-bond donors (Lipinski definition) is 0. The largest absolute Gasteiger partial charge is 0.342 e. The number of aryl methyl sites for hydroxylation is 1. The molecule has 2 heterocycles. The van der Waals surface area contributed by atoms with Crippen molar-refractivity contribution in [2.75, 3.05) is 19.6 Å². The molecule has 152 valence electrons. The van der Waals surface area contributed by atoms with Gasteiger partial charge in [0.25, 0.3) is 0 Å². The molecular formula is C25H30N2O2. The first-order chi connectivity index (χ1) is 14.1. The predicted molar refractivity (Wildman–Crippen MR) is 114 cm³/mol. The molecule has 0 saturated carbocycles. The third-order valence-corrected chi connectivity index (χ3v) is 6.51. The second kappa shape index (κ2) is 8.81. The quantitative estimate of drug-likeness (QED) is 0.698. The van der Waals surface area contributed by atoms with Gasteiger partial charge in [0.1, 0.15) is 0 Å². The molecule has 4 heteroatoms. The van der Waals surface area contributed by atoms with Crippen molar-refractivity contribution in [3.63, 3.8) is 0 Å². The lowest BCUT2D eigenvalue weighted by Gasteiger charge is -2.29. The van der Waals surface area contributed by atoms with Crippen LogP contribution in [0.2, 0.25) is 0 Å². The van der Waals surface area contributed by atoms with E-state index in [1.54, 1.807) is 6.92 Å². The Bertz CT molecular complexity index is 836. The predicted octanol–water partition coefficient (Wildman–Crippen LogP) is 4.08. The molecule has 0 spiro atoms. The molecule has 4 nitrogen and oxygen atoms in total. The van der Waals surface area contributed by atoms with Crippen LogP contribution in [0, 0.1) is 11.8 Å². The molecule has 0 aliphatic carbocycles. The lowest BCUT2D eigenvalue weighted by Crippen LogP contribution is -2.36. The minimum absolute atomic E-state index is 0.0922. The second-order valence-electron chi connectivity index (χ2n) is 8.44. The fraction of sp³-hybridized carbons (Fsp3) is 0.440. The zero-order valence-corrected chi connectivity index (χ0v) is 17.2. The van der Waals surface area contributed by atoms with Crippen molar-refractivity contribution in [3.8, 4) is 0 Å². The Balaban J connectivity index is 1.33. The van der Waals surface area contributed by atoms with Crippen LogP contribution in [-0.4, -0.2) is 41.2 Å². The highest BCUT2D eigenvalue weighted by atomic mass is 16.2. The Kier molecular flexibility index (Phi) is 5.98. The second-order valence-corrected chi connectivity index (χ2v) is 8.44. The van der Waals surface area contributed by atoms with Crippen molar-refractivity contribution in [1.29, 1.82) is 0 Å². The van der Waals surface area contributed by atoms with Gasteiger partial charge < -0.3 is 9.80 Å². The van der Waals surface area contributed by atoms with Crippen molar-refractivity contribution >= 4 is 11.8 Å². The maximum atomic E-state index is 12.8. The summed E-state index contributed by atoms with van der Waals surface area (Å²) in [6.45, 7) is 3.98. The summed E-state index contributed by atoms with van der Waals surface area (Å²) in [4.78, 5) is 29.1. The van der Waals surface area contributed by atoms with Gasteiger partial charge in [-0.25, -0.2) is 0 Å². The molecule has 0 radical (unpaired) electrons. The average Bonchev–Trinajstić information content (AvgIpc) is 3.31. The first-order valence-corrected chi connectivity index (χ1v) is 10.8. The van der Waals surface area contributed by atoms with Crippen LogP contribution in [0.4, 0.5) is 0 Å². The molecule has 2 aliphatic rings. The van der Waals surface area contributed by atoms with Gasteiger partial charge in [-0.1, -0.05) is 60.7 Å². The molecule has 2 saturated heterocycles. The van der Waals surface area contributed by atoms with Gasteiger partial charge in [0.05, 0.1) is 6.04 Å². The Hall–Kier alpha value is -2.62. The van der Waals surface area contributed by atoms with E-state index in [1.165, 1.54) is 11.1 Å². The van der Waals surface area contributed by atoms with Gasteiger partial charge in [0.15, 0.2) is 0 Å². The molecule has 29 heavy (non-hydrogen) atoms. The van der Waals surface area contributed by atoms with Crippen LogP contribution in [0.15, 0.2) is 60.7 Å². The van der Waals surface area contributed by atoms with Crippen molar-refractivity contribution in [1.82, 2.24) is 9.80 Å². The maximum Gasteiger partial charge on any atom is 0.222 e. The molecule has 3 atom stereocenters. The van der Waals surface area contributed by atoms with Gasteiger partial charge in [-0.05, 0) is 30.4 Å². The fourth-order valence-electron chi connectivity index (χ4n) is 5.06. The van der Waals surface area contributed by atoms with E-state index >= 15 is 0 Å². The van der Waals surface area contributed by atoms with Crippen molar-refractivity contribution in [2.24, 2.45) is 11.8 Å². The van der Waals surface area contributed by atoms with Crippen LogP contribution in [-0.2, 0) is 16.0 Å². The van der Waals surface area contributed by atoms with Crippen molar-refractivity contribution < 1.29 is 9.59 Å². The van der Waals surface area contributed by atoms with Gasteiger partial charge in [-0.15, -0.1) is 0 Å². The van der Waals surface area contributed by atoms with Crippen LogP contribution in [0.5, 0.6) is 0 Å². The van der Waals surface area contributed by atoms with E-state index in [1.807, 2.05) is 34.1 Å². The van der Waals surface area contributed by atoms with E-state index in [-0.39, 0.29) is 17.9 Å². The van der Waals surface area contributed by atoms with Gasteiger partial charge in [0.2, 0.25) is 11.8 Å². The summed E-state index contributed by atoms with van der Waals surface area (Å²) >= 11 is 0. The first-order valence-electron chi connectivity index (χ1n) is 10.8. The monoisotopic (exact) mass is 390 g/mol. The molecule has 4 rings (SSSR count). The van der Waals surface area contributed by atoms with Crippen LogP contribution in [0.3, 0.4) is 0 Å². The summed E-state index contributed by atoms with van der Waals surface area (Å²) in [5, 5.41) is 0. The summed E-state index contributed by atoms with van der Waals surface area (Å²) in [7, 11) is 0. The van der Waals surface area contributed by atoms with Gasteiger partial charge >= 0.3 is 0 Å². The lowest BCUT2D eigenvalue weighted by atomic mass is 9.89. The molecule has 2 aliphatic heterocycles. The molecule has 2 aromatic carbocycles. The van der Waals surface area contributed by atoms with Crippen LogP contribution < -0.4 is 0 Å². The number of carbonyl (C=O) groups excluding carboxylic acids is 2. The number of amides is 2. The highest BCUT2D eigenvalue weighted by Crippen LogP contribution is 2.45. The maximum absolute atomic E-state index is 12.8. The molecular weight excluding hydrogens is 360 g/mol. The highest BCUT2D eigenvalue weighted by molar-refractivity contribution is 5.77. The zero-order valence-electron chi connectivity index (χ0n) is 17.2. The van der Waals surface area contributed by atoms with E-state index in [0.29, 0.717) is 18.3 Å². The SMILES string of the molecule is CC(=O)N1C[C@H]2CN(C(=O)CCCCc3ccccc3)C[C@H]2[C@H]1c1ccccc1. The summed E-state index contributed by atoms with van der Waals surface area (Å²) in [6.07, 6.45) is 3.63. The third kappa shape index (κ3) is 4.36. The molecule has 2 amide bonds. The minimum atomic E-state index is 0.0922. The zero-order chi connectivity index (χ0) is 20.2. The van der Waals surface area contributed by atoms with Gasteiger partial charge in [-0.2, -0.15) is 0 Å². The molecule has 2 aromatic rings. The molecule has 0 aromatic heterocycles. The lowest BCUT2D eigenvalue weighted by molar-refractivity contribution is -0.131. The van der Waals surface area contributed by atoms with Crippen LogP contribution >= 0.6 is 0 Å². The molecule has 0 N–H and O–H groups in total. The number of nitrogens with zero attached hydrogens (tertiary/aromatic N) is 2. The number of carbonyl (C=O) groups is 2. The number of hydrogen-bond acceptors (Lipinski definition) is 2. The number of likely N-dealkylation sites (tertiary alicyclic amines) is 2. The van der Waals surface area contributed by atoms with Crippen molar-refractivity contribution in [2.45, 2.75) is 38.6 Å². The van der Waals surface area contributed by atoms with E-state index in [9.17, 15) is 9.59 Å². The third-order valence-electron chi connectivity index (χ3n) is 6.51. The summed E-state index contributed by atoms with van der Waals surface area (Å²) in [5.74, 6) is 1.13. The van der Waals surface area contributed by atoms with Crippen LogP contribution in [0.1, 0.15) is 43.4 Å². The van der Waals surface area contributed by atoms with E-state index in [2.05, 4.69) is 36.4 Å². The van der Waals surface area contributed by atoms with Gasteiger partial charge in [-0.3, -0.25) is 9.59 Å². The first kappa shape index (κ1) is 19.7. The van der Waals surface area contributed by atoms with Crippen LogP contribution in [0.25, 0.3) is 0 Å². The standard InChI is InChI=1S/C25H30N2O2/c1-19(28)27-17-22-16-26(18-23(22)25(27)21-13-6-3-7-14-21)24(29)15-9-8-12-20-10-4-2-5-11-20/h2-7,10-11,13-14,22-23,25H,8-9,12,15-18H2,1H3/t22-,23-,25-/m1/s1. The van der Waals surface area contributed by atoms with E-state index < -0.39 is 0 Å². The van der Waals surface area contributed by atoms with E-state index in [0.717, 1.165) is 38.9 Å². The Labute approximate surface area is 173 Å². The Morgan fingerprint density at radius 2 is 1.59 bits per heavy atom. The number of rotatable bonds is 6.